The molecule has 0 bridgehead atoms. The van der Waals surface area contributed by atoms with E-state index in [4.69, 9.17) is 19.5 Å². The molecule has 0 aromatic carbocycles. The zero-order chi connectivity index (χ0) is 14.3. The summed E-state index contributed by atoms with van der Waals surface area (Å²) in [4.78, 5) is 0. The molecule has 0 aliphatic carbocycles. The summed E-state index contributed by atoms with van der Waals surface area (Å²) < 4.78 is 36.3. The molecule has 0 aromatic rings. The lowest BCUT2D eigenvalue weighted by atomic mass is 10.5. The molecule has 0 aliphatic heterocycles. The van der Waals surface area contributed by atoms with Crippen molar-refractivity contribution in [2.75, 3.05) is 26.4 Å². The number of hydrogen-bond donors (Lipinski definition) is 3. The van der Waals surface area contributed by atoms with Crippen LogP contribution >= 0.6 is 0 Å². The SMILES string of the molecule is CC(C)OS(=O)(=O)O.CCOCC.OCCO. The first-order valence-corrected chi connectivity index (χ1v) is 6.56. The third-order valence-corrected chi connectivity index (χ3v) is 1.45. The van der Waals surface area contributed by atoms with Crippen molar-refractivity contribution in [1.82, 2.24) is 0 Å². The maximum absolute atomic E-state index is 9.78. The van der Waals surface area contributed by atoms with Crippen molar-refractivity contribution in [2.45, 2.75) is 33.8 Å². The zero-order valence-corrected chi connectivity index (χ0v) is 11.6. The van der Waals surface area contributed by atoms with Crippen LogP contribution in [0.4, 0.5) is 0 Å². The molecule has 0 fully saturated rings. The van der Waals surface area contributed by atoms with Crippen molar-refractivity contribution in [2.24, 2.45) is 0 Å². The zero-order valence-electron chi connectivity index (χ0n) is 10.8. The van der Waals surface area contributed by atoms with Gasteiger partial charge in [-0.3, -0.25) is 4.55 Å². The van der Waals surface area contributed by atoms with Crippen LogP contribution in [-0.4, -0.2) is 55.7 Å². The van der Waals surface area contributed by atoms with Crippen LogP contribution in [0.15, 0.2) is 0 Å². The Morgan fingerprint density at radius 1 is 1.06 bits per heavy atom. The van der Waals surface area contributed by atoms with Crippen LogP contribution in [0.5, 0.6) is 0 Å². The van der Waals surface area contributed by atoms with Crippen LogP contribution in [0.25, 0.3) is 0 Å². The van der Waals surface area contributed by atoms with Crippen molar-refractivity contribution >= 4 is 10.4 Å². The molecule has 108 valence electrons. The highest BCUT2D eigenvalue weighted by atomic mass is 32.3. The van der Waals surface area contributed by atoms with Gasteiger partial charge in [-0.1, -0.05) is 0 Å². The standard InChI is InChI=1S/C4H10O.C3H8O4S.C2H6O2/c1-3-5-4-2;1-3(2)7-8(4,5)6;3-1-2-4/h3-4H2,1-2H3;3H,1-2H3,(H,4,5,6);3-4H,1-2H2. The van der Waals surface area contributed by atoms with Gasteiger partial charge in [0.05, 0.1) is 19.3 Å². The summed E-state index contributed by atoms with van der Waals surface area (Å²) >= 11 is 0. The maximum Gasteiger partial charge on any atom is 0.397 e. The Morgan fingerprint density at radius 3 is 1.41 bits per heavy atom. The quantitative estimate of drug-likeness (QED) is 0.616. The molecule has 0 aliphatic rings. The van der Waals surface area contributed by atoms with Gasteiger partial charge in [-0.05, 0) is 27.7 Å². The predicted octanol–water partition coefficient (Wildman–Crippen LogP) is 0.228. The molecule has 0 saturated carbocycles. The number of hydrogen-bond acceptors (Lipinski definition) is 6. The van der Waals surface area contributed by atoms with Crippen LogP contribution in [0, 0.1) is 0 Å². The molecule has 0 spiro atoms. The van der Waals surface area contributed by atoms with Gasteiger partial charge in [-0.2, -0.15) is 8.42 Å². The number of aliphatic hydroxyl groups excluding tert-OH is 2. The van der Waals surface area contributed by atoms with Crippen LogP contribution in [0.2, 0.25) is 0 Å². The summed E-state index contributed by atoms with van der Waals surface area (Å²) in [7, 11) is -4.22. The second-order valence-electron chi connectivity index (χ2n) is 2.80. The highest BCUT2D eigenvalue weighted by Gasteiger charge is 2.05. The molecule has 17 heavy (non-hydrogen) atoms. The lowest BCUT2D eigenvalue weighted by Gasteiger charge is -1.99. The van der Waals surface area contributed by atoms with Crippen molar-refractivity contribution in [3.8, 4) is 0 Å². The minimum absolute atomic E-state index is 0.125. The van der Waals surface area contributed by atoms with Crippen molar-refractivity contribution in [3.05, 3.63) is 0 Å². The van der Waals surface area contributed by atoms with E-state index in [1.807, 2.05) is 13.8 Å². The van der Waals surface area contributed by atoms with Crippen LogP contribution in [0.3, 0.4) is 0 Å². The number of aliphatic hydroxyl groups is 2. The molecular weight excluding hydrogens is 252 g/mol. The molecule has 0 atom stereocenters. The van der Waals surface area contributed by atoms with E-state index in [-0.39, 0.29) is 13.2 Å². The monoisotopic (exact) mass is 276 g/mol. The lowest BCUT2D eigenvalue weighted by Crippen LogP contribution is -2.10. The van der Waals surface area contributed by atoms with E-state index in [1.165, 1.54) is 13.8 Å². The lowest BCUT2D eigenvalue weighted by molar-refractivity contribution is 0.162. The van der Waals surface area contributed by atoms with Gasteiger partial charge in [0.2, 0.25) is 0 Å². The van der Waals surface area contributed by atoms with Crippen molar-refractivity contribution < 1.29 is 32.1 Å². The minimum Gasteiger partial charge on any atom is -0.394 e. The number of ether oxygens (including phenoxy) is 1. The summed E-state index contributed by atoms with van der Waals surface area (Å²) in [5.41, 5.74) is 0. The highest BCUT2D eigenvalue weighted by molar-refractivity contribution is 7.80. The maximum atomic E-state index is 9.78. The Hall–Kier alpha value is -0.250. The molecule has 3 N–H and O–H groups in total. The first-order chi connectivity index (χ1) is 7.74. The van der Waals surface area contributed by atoms with E-state index >= 15 is 0 Å². The Balaban J connectivity index is -0.000000188. The van der Waals surface area contributed by atoms with Gasteiger partial charge in [0, 0.05) is 13.2 Å². The molecule has 7 nitrogen and oxygen atoms in total. The molecule has 0 rings (SSSR count). The molecule has 0 heterocycles. The fourth-order valence-corrected chi connectivity index (χ4v) is 0.934. The van der Waals surface area contributed by atoms with Crippen LogP contribution in [-0.2, 0) is 19.3 Å². The Bertz CT molecular complexity index is 209. The van der Waals surface area contributed by atoms with E-state index in [0.29, 0.717) is 0 Å². The Kier molecular flexibility index (Phi) is 20.4. The third-order valence-electron chi connectivity index (χ3n) is 0.822. The normalized spacial score (nSPS) is 10.1. The first kappa shape index (κ1) is 22.0. The Morgan fingerprint density at radius 2 is 1.41 bits per heavy atom. The van der Waals surface area contributed by atoms with Gasteiger partial charge in [-0.15, -0.1) is 0 Å². The van der Waals surface area contributed by atoms with Gasteiger partial charge in [0.1, 0.15) is 0 Å². The summed E-state index contributed by atoms with van der Waals surface area (Å²) in [5, 5.41) is 15.2. The Labute approximate surface area is 103 Å². The number of rotatable bonds is 5. The molecule has 0 unspecified atom stereocenters. The van der Waals surface area contributed by atoms with E-state index in [9.17, 15) is 8.42 Å². The third kappa shape index (κ3) is 49.6. The summed E-state index contributed by atoms with van der Waals surface area (Å²) in [6, 6.07) is 0. The second kappa shape index (κ2) is 15.8. The molecular formula is C9H24O7S. The molecule has 0 radical (unpaired) electrons. The van der Waals surface area contributed by atoms with Crippen molar-refractivity contribution in [1.29, 1.82) is 0 Å². The van der Waals surface area contributed by atoms with E-state index in [2.05, 4.69) is 4.18 Å². The summed E-state index contributed by atoms with van der Waals surface area (Å²) in [6.07, 6.45) is -0.495. The van der Waals surface area contributed by atoms with Gasteiger partial charge < -0.3 is 14.9 Å². The largest absolute Gasteiger partial charge is 0.397 e. The highest BCUT2D eigenvalue weighted by Crippen LogP contribution is 1.92. The first-order valence-electron chi connectivity index (χ1n) is 5.20. The second-order valence-corrected chi connectivity index (χ2v) is 3.85. The van der Waals surface area contributed by atoms with Gasteiger partial charge in [0.15, 0.2) is 0 Å². The van der Waals surface area contributed by atoms with Gasteiger partial charge in [0.25, 0.3) is 0 Å². The van der Waals surface area contributed by atoms with Crippen LogP contribution in [0.1, 0.15) is 27.7 Å². The topological polar surface area (TPSA) is 113 Å². The van der Waals surface area contributed by atoms with Gasteiger partial charge in [-0.25, -0.2) is 4.18 Å². The van der Waals surface area contributed by atoms with E-state index < -0.39 is 16.5 Å². The van der Waals surface area contributed by atoms with Crippen LogP contribution < -0.4 is 0 Å². The van der Waals surface area contributed by atoms with Crippen molar-refractivity contribution in [3.63, 3.8) is 0 Å². The predicted molar refractivity (Wildman–Crippen MR) is 64.1 cm³/mol. The van der Waals surface area contributed by atoms with E-state index in [1.54, 1.807) is 0 Å². The fourth-order valence-electron chi connectivity index (χ4n) is 0.447. The summed E-state index contributed by atoms with van der Waals surface area (Å²) in [6.45, 7) is 8.43. The molecule has 0 aromatic heterocycles. The van der Waals surface area contributed by atoms with Gasteiger partial charge >= 0.3 is 10.4 Å². The molecule has 0 amide bonds. The summed E-state index contributed by atoms with van der Waals surface area (Å²) in [5.74, 6) is 0. The molecule has 8 heteroatoms. The minimum atomic E-state index is -4.22. The fraction of sp³-hybridized carbons (Fsp3) is 1.00. The molecule has 0 saturated heterocycles. The average molecular weight is 276 g/mol. The average Bonchev–Trinajstić information content (AvgIpc) is 2.16. The van der Waals surface area contributed by atoms with E-state index in [0.717, 1.165) is 13.2 Å². The smallest absolute Gasteiger partial charge is 0.394 e.